The molecule has 2 rings (SSSR count). The molecule has 1 aliphatic rings. The third-order valence-corrected chi connectivity index (χ3v) is 5.92. The minimum atomic E-state index is -0.0886. The SMILES string of the molecule is CCN(CC)CCNC(=O)c1ccc(NC(=O)CC2(CN)CCCCC2)cc1. The molecule has 1 aliphatic carbocycles. The van der Waals surface area contributed by atoms with E-state index in [1.165, 1.54) is 6.42 Å². The second-order valence-electron chi connectivity index (χ2n) is 7.85. The molecule has 0 unspecified atom stereocenters. The van der Waals surface area contributed by atoms with Crippen molar-refractivity contribution < 1.29 is 9.59 Å². The van der Waals surface area contributed by atoms with Crippen molar-refractivity contribution >= 4 is 17.5 Å². The zero-order chi connectivity index (χ0) is 20.4. The lowest BCUT2D eigenvalue weighted by molar-refractivity contribution is -0.118. The first-order valence-electron chi connectivity index (χ1n) is 10.6. The van der Waals surface area contributed by atoms with E-state index in [0.29, 0.717) is 30.8 Å². The fraction of sp³-hybridized carbons (Fsp3) is 0.636. The lowest BCUT2D eigenvalue weighted by atomic mass is 9.71. The number of likely N-dealkylation sites (N-methyl/N-ethyl adjacent to an activating group) is 1. The van der Waals surface area contributed by atoms with E-state index in [1.54, 1.807) is 24.3 Å². The van der Waals surface area contributed by atoms with Crippen LogP contribution in [0.1, 0.15) is 62.7 Å². The molecule has 6 nitrogen and oxygen atoms in total. The third-order valence-electron chi connectivity index (χ3n) is 5.92. The summed E-state index contributed by atoms with van der Waals surface area (Å²) in [5.74, 6) is -0.0851. The van der Waals surface area contributed by atoms with E-state index < -0.39 is 0 Å². The van der Waals surface area contributed by atoms with E-state index in [4.69, 9.17) is 5.73 Å². The second-order valence-corrected chi connectivity index (χ2v) is 7.85. The number of carbonyl (C=O) groups excluding carboxylic acids is 2. The number of nitrogens with one attached hydrogen (secondary N) is 2. The summed E-state index contributed by atoms with van der Waals surface area (Å²) in [6.07, 6.45) is 6.08. The average molecular weight is 389 g/mol. The first-order valence-corrected chi connectivity index (χ1v) is 10.6. The highest BCUT2D eigenvalue weighted by Gasteiger charge is 2.32. The molecule has 0 aromatic heterocycles. The quantitative estimate of drug-likeness (QED) is 0.575. The van der Waals surface area contributed by atoms with Gasteiger partial charge in [-0.3, -0.25) is 9.59 Å². The average Bonchev–Trinajstić information content (AvgIpc) is 2.72. The lowest BCUT2D eigenvalue weighted by Gasteiger charge is -2.35. The van der Waals surface area contributed by atoms with E-state index >= 15 is 0 Å². The van der Waals surface area contributed by atoms with Crippen LogP contribution in [0.25, 0.3) is 0 Å². The Morgan fingerprint density at radius 3 is 2.29 bits per heavy atom. The highest BCUT2D eigenvalue weighted by Crippen LogP contribution is 2.38. The summed E-state index contributed by atoms with van der Waals surface area (Å²) in [7, 11) is 0. The summed E-state index contributed by atoms with van der Waals surface area (Å²) in [6, 6.07) is 7.07. The Balaban J connectivity index is 1.82. The molecule has 1 aromatic carbocycles. The van der Waals surface area contributed by atoms with Crippen molar-refractivity contribution in [2.24, 2.45) is 11.1 Å². The lowest BCUT2D eigenvalue weighted by Crippen LogP contribution is -2.36. The number of anilines is 1. The highest BCUT2D eigenvalue weighted by atomic mass is 16.2. The Morgan fingerprint density at radius 1 is 1.07 bits per heavy atom. The zero-order valence-electron chi connectivity index (χ0n) is 17.4. The normalized spacial score (nSPS) is 16.0. The first-order chi connectivity index (χ1) is 13.5. The Bertz CT molecular complexity index is 620. The predicted octanol–water partition coefficient (Wildman–Crippen LogP) is 3.00. The van der Waals surface area contributed by atoms with Crippen LogP contribution in [0, 0.1) is 5.41 Å². The molecule has 0 atom stereocenters. The Morgan fingerprint density at radius 2 is 1.71 bits per heavy atom. The van der Waals surface area contributed by atoms with Gasteiger partial charge in [-0.1, -0.05) is 33.1 Å². The molecule has 0 bridgehead atoms. The number of carbonyl (C=O) groups is 2. The van der Waals surface area contributed by atoms with Gasteiger partial charge in [0.25, 0.3) is 5.91 Å². The van der Waals surface area contributed by atoms with Crippen LogP contribution in [0.5, 0.6) is 0 Å². The number of amides is 2. The summed E-state index contributed by atoms with van der Waals surface area (Å²) >= 11 is 0. The van der Waals surface area contributed by atoms with Crippen molar-refractivity contribution in [1.82, 2.24) is 10.2 Å². The van der Waals surface area contributed by atoms with E-state index in [0.717, 1.165) is 45.3 Å². The number of nitrogens with zero attached hydrogens (tertiary/aromatic N) is 1. The molecular formula is C22H36N4O2. The van der Waals surface area contributed by atoms with Crippen molar-refractivity contribution in [3.05, 3.63) is 29.8 Å². The molecule has 4 N–H and O–H groups in total. The van der Waals surface area contributed by atoms with Crippen molar-refractivity contribution in [3.8, 4) is 0 Å². The fourth-order valence-corrected chi connectivity index (χ4v) is 3.98. The van der Waals surface area contributed by atoms with Gasteiger partial charge in [-0.2, -0.15) is 0 Å². The molecule has 0 spiro atoms. The Labute approximate surface area is 169 Å². The third kappa shape index (κ3) is 6.60. The smallest absolute Gasteiger partial charge is 0.251 e. The largest absolute Gasteiger partial charge is 0.351 e. The molecule has 1 aromatic rings. The number of hydrogen-bond donors (Lipinski definition) is 3. The minimum Gasteiger partial charge on any atom is -0.351 e. The van der Waals surface area contributed by atoms with Crippen LogP contribution >= 0.6 is 0 Å². The second kappa shape index (κ2) is 11.2. The maximum absolute atomic E-state index is 12.5. The summed E-state index contributed by atoms with van der Waals surface area (Å²) in [4.78, 5) is 27.0. The monoisotopic (exact) mass is 388 g/mol. The molecule has 1 fully saturated rings. The Hall–Kier alpha value is -1.92. The van der Waals surface area contributed by atoms with Crippen LogP contribution in [0.4, 0.5) is 5.69 Å². The first kappa shape index (κ1) is 22.4. The zero-order valence-corrected chi connectivity index (χ0v) is 17.4. The van der Waals surface area contributed by atoms with Gasteiger partial charge in [-0.25, -0.2) is 0 Å². The molecule has 28 heavy (non-hydrogen) atoms. The minimum absolute atomic E-state index is 0.00349. The molecule has 0 radical (unpaired) electrons. The maximum Gasteiger partial charge on any atom is 0.251 e. The van der Waals surface area contributed by atoms with Gasteiger partial charge in [0.2, 0.25) is 5.91 Å². The van der Waals surface area contributed by atoms with Crippen LogP contribution in [-0.2, 0) is 4.79 Å². The number of rotatable bonds is 10. The van der Waals surface area contributed by atoms with E-state index in [2.05, 4.69) is 29.4 Å². The molecule has 0 heterocycles. The van der Waals surface area contributed by atoms with Gasteiger partial charge in [-0.15, -0.1) is 0 Å². The highest BCUT2D eigenvalue weighted by molar-refractivity contribution is 5.95. The van der Waals surface area contributed by atoms with Crippen molar-refractivity contribution in [3.63, 3.8) is 0 Å². The van der Waals surface area contributed by atoms with Gasteiger partial charge in [0, 0.05) is 30.8 Å². The van der Waals surface area contributed by atoms with Crippen LogP contribution in [0.15, 0.2) is 24.3 Å². The molecule has 6 heteroatoms. The van der Waals surface area contributed by atoms with Gasteiger partial charge in [-0.05, 0) is 62.2 Å². The van der Waals surface area contributed by atoms with E-state index in [1.807, 2.05) is 0 Å². The predicted molar refractivity (Wildman–Crippen MR) is 114 cm³/mol. The number of benzene rings is 1. The van der Waals surface area contributed by atoms with Crippen molar-refractivity contribution in [2.45, 2.75) is 52.4 Å². The summed E-state index contributed by atoms with van der Waals surface area (Å²) < 4.78 is 0. The molecule has 156 valence electrons. The van der Waals surface area contributed by atoms with Crippen LogP contribution in [0.2, 0.25) is 0 Å². The van der Waals surface area contributed by atoms with Gasteiger partial charge < -0.3 is 21.3 Å². The number of hydrogen-bond acceptors (Lipinski definition) is 4. The van der Waals surface area contributed by atoms with E-state index in [9.17, 15) is 9.59 Å². The van der Waals surface area contributed by atoms with Crippen molar-refractivity contribution in [1.29, 1.82) is 0 Å². The van der Waals surface area contributed by atoms with Crippen LogP contribution < -0.4 is 16.4 Å². The summed E-state index contributed by atoms with van der Waals surface area (Å²) in [5, 5.41) is 5.90. The van der Waals surface area contributed by atoms with Gasteiger partial charge in [0.1, 0.15) is 0 Å². The standard InChI is InChI=1S/C22H36N4O2/c1-3-26(4-2)15-14-24-21(28)18-8-10-19(11-9-18)25-20(27)16-22(17-23)12-6-5-7-13-22/h8-11H,3-7,12-17,23H2,1-2H3,(H,24,28)(H,25,27). The summed E-state index contributed by atoms with van der Waals surface area (Å²) in [5.41, 5.74) is 7.25. The van der Waals surface area contributed by atoms with Gasteiger partial charge in [0.15, 0.2) is 0 Å². The van der Waals surface area contributed by atoms with Gasteiger partial charge >= 0.3 is 0 Å². The van der Waals surface area contributed by atoms with Crippen LogP contribution in [0.3, 0.4) is 0 Å². The van der Waals surface area contributed by atoms with Crippen LogP contribution in [-0.4, -0.2) is 49.4 Å². The van der Waals surface area contributed by atoms with Gasteiger partial charge in [0.05, 0.1) is 0 Å². The Kier molecular flexibility index (Phi) is 8.93. The molecule has 0 aliphatic heterocycles. The topological polar surface area (TPSA) is 87.5 Å². The van der Waals surface area contributed by atoms with Crippen molar-refractivity contribution in [2.75, 3.05) is 38.0 Å². The molecule has 0 saturated heterocycles. The fourth-order valence-electron chi connectivity index (χ4n) is 3.98. The summed E-state index contributed by atoms with van der Waals surface area (Å²) in [6.45, 7) is 8.21. The molecular weight excluding hydrogens is 352 g/mol. The maximum atomic E-state index is 12.5. The van der Waals surface area contributed by atoms with E-state index in [-0.39, 0.29) is 17.2 Å². The molecule has 2 amide bonds. The molecule has 1 saturated carbocycles. The number of nitrogens with two attached hydrogens (primary N) is 1.